The Hall–Kier alpha value is -5.24. The number of thioether (sulfide) groups is 1. The van der Waals surface area contributed by atoms with Crippen molar-refractivity contribution in [2.75, 3.05) is 31.3 Å². The predicted molar refractivity (Wildman–Crippen MR) is 184 cm³/mol. The minimum absolute atomic E-state index is 0.0599. The zero-order chi connectivity index (χ0) is 34.5. The molecule has 49 heavy (non-hydrogen) atoms. The zero-order valence-corrected chi connectivity index (χ0v) is 28.1. The molecule has 256 valence electrons. The SMILES string of the molecule is COc1cc2c(Oc3ccc(NC(=O)NN4C(=O)CSC4c4ccccc4F)cc3)ccnc2cc1OC1CCN(C(=O)NC(C)C)CC1. The lowest BCUT2D eigenvalue weighted by Crippen LogP contribution is -2.48. The minimum Gasteiger partial charge on any atom is -0.493 e. The molecular formula is C35H37FN6O6S. The Morgan fingerprint density at radius 1 is 1.00 bits per heavy atom. The van der Waals surface area contributed by atoms with Gasteiger partial charge in [-0.2, -0.15) is 0 Å². The highest BCUT2D eigenvalue weighted by atomic mass is 32.2. The van der Waals surface area contributed by atoms with Crippen LogP contribution in [0.1, 0.15) is 37.6 Å². The van der Waals surface area contributed by atoms with Gasteiger partial charge < -0.3 is 29.7 Å². The number of hydrogen-bond acceptors (Lipinski definition) is 8. The standard InChI is InChI=1S/C35H37FN6O6S/c1-21(2)38-35(45)41-16-13-24(14-17-41)48-31-19-28-26(18-30(31)46-3)29(12-15-37-28)47-23-10-8-22(9-11-23)39-34(44)40-42-32(43)20-49-33(42)25-6-4-5-7-27(25)36/h4-12,15,18-19,21,24,33H,13-14,16-17,20H2,1-3H3,(H,38,45)(H2,39,40,44). The second-order valence-electron chi connectivity index (χ2n) is 11.9. The predicted octanol–water partition coefficient (Wildman–Crippen LogP) is 6.45. The number of pyridine rings is 1. The molecule has 3 heterocycles. The molecule has 0 aliphatic carbocycles. The normalized spacial score (nSPS) is 16.5. The third-order valence-electron chi connectivity index (χ3n) is 8.02. The molecule has 2 aliphatic heterocycles. The molecule has 1 atom stereocenters. The summed E-state index contributed by atoms with van der Waals surface area (Å²) in [6.45, 7) is 5.08. The molecule has 1 unspecified atom stereocenters. The summed E-state index contributed by atoms with van der Waals surface area (Å²) in [6, 6.07) is 17.7. The van der Waals surface area contributed by atoms with Crippen LogP contribution in [0.3, 0.4) is 0 Å². The number of aromatic nitrogens is 1. The van der Waals surface area contributed by atoms with E-state index in [9.17, 15) is 18.8 Å². The van der Waals surface area contributed by atoms with Crippen LogP contribution < -0.4 is 30.3 Å². The van der Waals surface area contributed by atoms with Crippen molar-refractivity contribution in [1.29, 1.82) is 0 Å². The van der Waals surface area contributed by atoms with Crippen LogP contribution in [0.2, 0.25) is 0 Å². The molecule has 0 bridgehead atoms. The lowest BCUT2D eigenvalue weighted by molar-refractivity contribution is -0.130. The highest BCUT2D eigenvalue weighted by molar-refractivity contribution is 8.00. The molecule has 12 nitrogen and oxygen atoms in total. The highest BCUT2D eigenvalue weighted by Gasteiger charge is 2.36. The summed E-state index contributed by atoms with van der Waals surface area (Å²) in [4.78, 5) is 43.9. The third kappa shape index (κ3) is 7.91. The third-order valence-corrected chi connectivity index (χ3v) is 9.22. The summed E-state index contributed by atoms with van der Waals surface area (Å²) in [5.74, 6) is 1.49. The molecule has 14 heteroatoms. The fourth-order valence-electron chi connectivity index (χ4n) is 5.62. The smallest absolute Gasteiger partial charge is 0.338 e. The molecule has 2 saturated heterocycles. The summed E-state index contributed by atoms with van der Waals surface area (Å²) < 4.78 is 32.6. The maximum atomic E-state index is 14.4. The van der Waals surface area contributed by atoms with Crippen LogP contribution in [0, 0.1) is 5.82 Å². The van der Waals surface area contributed by atoms with E-state index in [1.54, 1.807) is 66.7 Å². The first-order valence-electron chi connectivity index (χ1n) is 15.9. The van der Waals surface area contributed by atoms with Crippen LogP contribution in [-0.4, -0.2) is 71.0 Å². The highest BCUT2D eigenvalue weighted by Crippen LogP contribution is 2.39. The molecule has 5 amide bonds. The van der Waals surface area contributed by atoms with Gasteiger partial charge in [0.25, 0.3) is 5.91 Å². The number of nitrogens with zero attached hydrogens (tertiary/aromatic N) is 3. The minimum atomic E-state index is -0.672. The fraction of sp³-hybridized carbons (Fsp3) is 0.314. The number of fused-ring (bicyclic) bond motifs is 1. The van der Waals surface area contributed by atoms with Gasteiger partial charge in [-0.1, -0.05) is 18.2 Å². The number of halogens is 1. The number of ether oxygens (including phenoxy) is 3. The zero-order valence-electron chi connectivity index (χ0n) is 27.3. The topological polar surface area (TPSA) is 134 Å². The molecule has 0 saturated carbocycles. The van der Waals surface area contributed by atoms with Gasteiger partial charge in [0, 0.05) is 60.9 Å². The molecule has 2 fully saturated rings. The van der Waals surface area contributed by atoms with Crippen molar-refractivity contribution >= 4 is 46.3 Å². The average molecular weight is 689 g/mol. The van der Waals surface area contributed by atoms with Crippen molar-refractivity contribution in [3.05, 3.63) is 84.3 Å². The van der Waals surface area contributed by atoms with Crippen molar-refractivity contribution in [1.82, 2.24) is 25.6 Å². The number of likely N-dealkylation sites (tertiary alicyclic amines) is 1. The van der Waals surface area contributed by atoms with Crippen molar-refractivity contribution in [3.8, 4) is 23.0 Å². The maximum absolute atomic E-state index is 14.4. The Morgan fingerprint density at radius 2 is 1.76 bits per heavy atom. The van der Waals surface area contributed by atoms with Crippen molar-refractivity contribution in [2.45, 2.75) is 44.2 Å². The largest absolute Gasteiger partial charge is 0.493 e. The van der Waals surface area contributed by atoms with Gasteiger partial charge in [0.2, 0.25) is 0 Å². The van der Waals surface area contributed by atoms with Gasteiger partial charge in [0.15, 0.2) is 11.5 Å². The number of benzene rings is 3. The molecular weight excluding hydrogens is 651 g/mol. The molecule has 0 radical (unpaired) electrons. The van der Waals surface area contributed by atoms with Crippen LogP contribution in [0.25, 0.3) is 10.9 Å². The first kappa shape index (κ1) is 33.7. The van der Waals surface area contributed by atoms with Crippen molar-refractivity contribution in [2.24, 2.45) is 0 Å². The quantitative estimate of drug-likeness (QED) is 0.183. The second kappa shape index (κ2) is 14.9. The molecule has 2 aliphatic rings. The van der Waals surface area contributed by atoms with Crippen molar-refractivity contribution in [3.63, 3.8) is 0 Å². The summed E-state index contributed by atoms with van der Waals surface area (Å²) in [7, 11) is 1.57. The molecule has 1 aromatic heterocycles. The molecule has 4 aromatic rings. The Kier molecular flexibility index (Phi) is 10.2. The number of urea groups is 2. The van der Waals surface area contributed by atoms with E-state index < -0.39 is 17.2 Å². The van der Waals surface area contributed by atoms with Crippen LogP contribution in [0.5, 0.6) is 23.0 Å². The van der Waals surface area contributed by atoms with E-state index in [4.69, 9.17) is 14.2 Å². The van der Waals surface area contributed by atoms with Crippen molar-refractivity contribution < 1.29 is 33.0 Å². The molecule has 0 spiro atoms. The number of hydrogen-bond donors (Lipinski definition) is 3. The van der Waals surface area contributed by atoms with E-state index in [1.165, 1.54) is 17.8 Å². The monoisotopic (exact) mass is 688 g/mol. The van der Waals surface area contributed by atoms with Crippen LogP contribution in [0.4, 0.5) is 19.7 Å². The van der Waals surface area contributed by atoms with Gasteiger partial charge in [-0.05, 0) is 56.3 Å². The first-order chi connectivity index (χ1) is 23.7. The Labute approximate surface area is 287 Å². The van der Waals surface area contributed by atoms with Gasteiger partial charge in [0.1, 0.15) is 28.8 Å². The summed E-state index contributed by atoms with van der Waals surface area (Å²) in [5.41, 5.74) is 3.98. The lowest BCUT2D eigenvalue weighted by atomic mass is 10.1. The first-order valence-corrected chi connectivity index (χ1v) is 17.0. The number of carbonyl (C=O) groups excluding carboxylic acids is 3. The Bertz CT molecular complexity index is 1840. The molecule has 3 aromatic carbocycles. The van der Waals surface area contributed by atoms with Gasteiger partial charge in [-0.25, -0.2) is 24.4 Å². The fourth-order valence-corrected chi connectivity index (χ4v) is 6.75. The second-order valence-corrected chi connectivity index (χ2v) is 12.9. The maximum Gasteiger partial charge on any atom is 0.338 e. The number of anilines is 1. The van der Waals surface area contributed by atoms with Gasteiger partial charge >= 0.3 is 12.1 Å². The van der Waals surface area contributed by atoms with E-state index in [-0.39, 0.29) is 29.8 Å². The van der Waals surface area contributed by atoms with Gasteiger partial charge in [-0.15, -0.1) is 11.8 Å². The Balaban J connectivity index is 1.08. The number of carbonyl (C=O) groups is 3. The average Bonchev–Trinajstić information content (AvgIpc) is 3.44. The summed E-state index contributed by atoms with van der Waals surface area (Å²) >= 11 is 1.23. The number of rotatable bonds is 9. The number of hydrazine groups is 1. The number of amides is 5. The van der Waals surface area contributed by atoms with E-state index in [1.807, 2.05) is 26.0 Å². The van der Waals surface area contributed by atoms with E-state index >= 15 is 0 Å². The van der Waals surface area contributed by atoms with E-state index in [0.717, 1.165) is 5.01 Å². The van der Waals surface area contributed by atoms with Gasteiger partial charge in [-0.3, -0.25) is 9.78 Å². The van der Waals surface area contributed by atoms with E-state index in [2.05, 4.69) is 21.0 Å². The van der Waals surface area contributed by atoms with Gasteiger partial charge in [0.05, 0.1) is 18.4 Å². The lowest BCUT2D eigenvalue weighted by Gasteiger charge is -2.33. The summed E-state index contributed by atoms with van der Waals surface area (Å²) in [6.07, 6.45) is 2.96. The number of nitrogens with one attached hydrogen (secondary N) is 3. The van der Waals surface area contributed by atoms with E-state index in [0.29, 0.717) is 71.1 Å². The molecule has 3 N–H and O–H groups in total. The van der Waals surface area contributed by atoms with Crippen LogP contribution in [-0.2, 0) is 4.79 Å². The molecule has 6 rings (SSSR count). The van der Waals surface area contributed by atoms with Crippen LogP contribution in [0.15, 0.2) is 72.9 Å². The summed E-state index contributed by atoms with van der Waals surface area (Å²) in [5, 5.41) is 6.82. The van der Waals surface area contributed by atoms with Crippen LogP contribution >= 0.6 is 11.8 Å². The number of methoxy groups -OCH3 is 1. The Morgan fingerprint density at radius 3 is 2.47 bits per heavy atom. The number of piperidine rings is 1.